The average molecular weight is 546 g/mol. The van der Waals surface area contributed by atoms with Gasteiger partial charge in [0, 0.05) is 70.1 Å². The molecule has 1 aromatic heterocycles. The number of hydrogen-bond donors (Lipinski definition) is 4. The second kappa shape index (κ2) is 12.4. The Balaban J connectivity index is 1.62. The quantitative estimate of drug-likeness (QED) is 0.435. The van der Waals surface area contributed by atoms with Gasteiger partial charge >= 0.3 is 0 Å². The van der Waals surface area contributed by atoms with E-state index < -0.39 is 40.2 Å². The Labute approximate surface area is 224 Å². The summed E-state index contributed by atoms with van der Waals surface area (Å²) in [5, 5.41) is 19.0. The summed E-state index contributed by atoms with van der Waals surface area (Å²) in [4.78, 5) is 52.7. The van der Waals surface area contributed by atoms with Crippen LogP contribution in [-0.2, 0) is 17.9 Å². The lowest BCUT2D eigenvalue weighted by molar-refractivity contribution is -0.119. The Morgan fingerprint density at radius 2 is 1.90 bits per heavy atom. The molecule has 0 saturated heterocycles. The third-order valence-corrected chi connectivity index (χ3v) is 7.35. The Morgan fingerprint density at radius 1 is 1.13 bits per heavy atom. The van der Waals surface area contributed by atoms with E-state index in [2.05, 4.69) is 20.9 Å². The van der Waals surface area contributed by atoms with Gasteiger partial charge in [-0.1, -0.05) is 18.9 Å². The third-order valence-electron chi connectivity index (χ3n) is 7.35. The molecule has 2 atom stereocenters. The maximum absolute atomic E-state index is 14.0. The number of hydrogen-bond acceptors (Lipinski definition) is 6. The Morgan fingerprint density at radius 3 is 2.64 bits per heavy atom. The van der Waals surface area contributed by atoms with Crippen LogP contribution in [0.2, 0.25) is 0 Å². The molecule has 0 spiro atoms. The lowest BCUT2D eigenvalue weighted by Gasteiger charge is -2.37. The van der Waals surface area contributed by atoms with Crippen LogP contribution in [0.1, 0.15) is 59.0 Å². The summed E-state index contributed by atoms with van der Waals surface area (Å²) in [6.07, 6.45) is 4.90. The van der Waals surface area contributed by atoms with Crippen molar-refractivity contribution in [3.8, 4) is 5.75 Å². The number of carbonyl (C=O) groups is 3. The normalized spacial score (nSPS) is 19.8. The fraction of sp³-hybridized carbons (Fsp3) is 0.481. The van der Waals surface area contributed by atoms with Crippen molar-refractivity contribution >= 4 is 17.7 Å². The van der Waals surface area contributed by atoms with Crippen molar-refractivity contribution < 1.29 is 28.3 Å². The van der Waals surface area contributed by atoms with Crippen molar-refractivity contribution in [2.75, 3.05) is 26.2 Å². The number of carbonyl (C=O) groups excluding carboxylic acids is 3. The van der Waals surface area contributed by atoms with Crippen LogP contribution >= 0.6 is 0 Å². The maximum Gasteiger partial charge on any atom is 0.272 e. The van der Waals surface area contributed by atoms with Gasteiger partial charge in [0.25, 0.3) is 11.8 Å². The van der Waals surface area contributed by atoms with Crippen molar-refractivity contribution in [2.45, 2.75) is 51.7 Å². The molecule has 12 heteroatoms. The molecular weight excluding hydrogens is 512 g/mol. The number of nitrogens with zero attached hydrogens (tertiary/aromatic N) is 2. The third kappa shape index (κ3) is 6.80. The van der Waals surface area contributed by atoms with Crippen LogP contribution in [0.3, 0.4) is 0 Å². The van der Waals surface area contributed by atoms with Crippen LogP contribution in [0.5, 0.6) is 5.75 Å². The fourth-order valence-electron chi connectivity index (χ4n) is 5.28. The van der Waals surface area contributed by atoms with Crippen LogP contribution < -0.4 is 21.4 Å². The summed E-state index contributed by atoms with van der Waals surface area (Å²) >= 11 is 0. The van der Waals surface area contributed by atoms with Gasteiger partial charge in [-0.15, -0.1) is 0 Å². The van der Waals surface area contributed by atoms with E-state index in [9.17, 15) is 33.1 Å². The number of pyridine rings is 1. The zero-order valence-corrected chi connectivity index (χ0v) is 21.8. The number of halogens is 2. The Hall–Kier alpha value is -3.80. The number of fused-ring (bicyclic) bond motifs is 2. The van der Waals surface area contributed by atoms with E-state index in [-0.39, 0.29) is 42.2 Å². The van der Waals surface area contributed by atoms with E-state index in [1.807, 2.05) is 0 Å². The Kier molecular flexibility index (Phi) is 8.95. The van der Waals surface area contributed by atoms with E-state index in [1.54, 1.807) is 0 Å². The van der Waals surface area contributed by atoms with Crippen molar-refractivity contribution in [3.63, 3.8) is 0 Å². The largest absolute Gasteiger partial charge is 0.503 e. The smallest absolute Gasteiger partial charge is 0.272 e. The summed E-state index contributed by atoms with van der Waals surface area (Å²) in [6.45, 7) is 3.45. The lowest BCUT2D eigenvalue weighted by atomic mass is 9.83. The van der Waals surface area contributed by atoms with Crippen LogP contribution in [-0.4, -0.2) is 64.5 Å². The predicted molar refractivity (Wildman–Crippen MR) is 138 cm³/mol. The molecule has 2 aromatic rings. The number of aromatic nitrogens is 1. The second-order valence-electron chi connectivity index (χ2n) is 10.1. The SMILES string of the molecule is CC(=O)NCCN1CCn2cc(C(=O)NCc3ccc(F)cc3F)c(=O)c(O)c2C(=O)N[C@H]2CCCC[C@H]2C1. The van der Waals surface area contributed by atoms with Crippen LogP contribution in [0, 0.1) is 17.6 Å². The minimum atomic E-state index is -1.02. The van der Waals surface area contributed by atoms with Gasteiger partial charge in [0.15, 0.2) is 11.4 Å². The molecule has 1 aliphatic heterocycles. The zero-order chi connectivity index (χ0) is 28.1. The van der Waals surface area contributed by atoms with Crippen LogP contribution in [0.15, 0.2) is 29.2 Å². The van der Waals surface area contributed by atoms with Gasteiger partial charge in [-0.2, -0.15) is 0 Å². The first kappa shape index (κ1) is 28.2. The minimum Gasteiger partial charge on any atom is -0.503 e. The fourth-order valence-corrected chi connectivity index (χ4v) is 5.28. The van der Waals surface area contributed by atoms with Gasteiger partial charge in [-0.3, -0.25) is 24.1 Å². The first-order valence-electron chi connectivity index (χ1n) is 13.1. The Bertz CT molecular complexity index is 1310. The highest BCUT2D eigenvalue weighted by Crippen LogP contribution is 2.27. The molecule has 4 rings (SSSR count). The highest BCUT2D eigenvalue weighted by atomic mass is 19.1. The molecule has 3 amide bonds. The standard InChI is InChI=1S/C27H33F2N5O5/c1-16(35)30-8-9-33-10-11-34-15-20(26(38)31-13-17-6-7-19(28)12-21(17)29)24(36)25(37)23(34)27(39)32-22-5-3-2-4-18(22)14-33/h6-7,12,15,18,22,37H,2-5,8-11,13-14H2,1H3,(H,30,35)(H,31,38)(H,32,39)/t18-,22-/m0/s1. The first-order valence-corrected chi connectivity index (χ1v) is 13.1. The average Bonchev–Trinajstić information content (AvgIpc) is 2.88. The topological polar surface area (TPSA) is 133 Å². The van der Waals surface area contributed by atoms with Crippen molar-refractivity contribution in [3.05, 3.63) is 63.1 Å². The monoisotopic (exact) mass is 545 g/mol. The number of benzene rings is 1. The molecular formula is C27H33F2N5O5. The first-order chi connectivity index (χ1) is 18.6. The van der Waals surface area contributed by atoms with E-state index in [1.165, 1.54) is 23.8 Å². The van der Waals surface area contributed by atoms with Crippen molar-refractivity contribution in [1.29, 1.82) is 0 Å². The molecule has 1 aliphatic carbocycles. The summed E-state index contributed by atoms with van der Waals surface area (Å²) in [5.74, 6) is -3.87. The van der Waals surface area contributed by atoms with Gasteiger partial charge in [0.2, 0.25) is 11.3 Å². The van der Waals surface area contributed by atoms with Crippen molar-refractivity contribution in [1.82, 2.24) is 25.4 Å². The van der Waals surface area contributed by atoms with E-state index >= 15 is 0 Å². The number of nitrogens with one attached hydrogen (secondary N) is 3. The molecule has 4 N–H and O–H groups in total. The van der Waals surface area contributed by atoms with E-state index in [4.69, 9.17) is 0 Å². The van der Waals surface area contributed by atoms with Crippen LogP contribution in [0.4, 0.5) is 8.78 Å². The predicted octanol–water partition coefficient (Wildman–Crippen LogP) is 1.50. The van der Waals surface area contributed by atoms with Gasteiger partial charge < -0.3 is 25.6 Å². The summed E-state index contributed by atoms with van der Waals surface area (Å²) in [5.41, 5.74) is -1.64. The van der Waals surface area contributed by atoms with E-state index in [0.29, 0.717) is 32.2 Å². The molecule has 1 fully saturated rings. The molecule has 1 aromatic carbocycles. The molecule has 2 heterocycles. The number of aromatic hydroxyl groups is 1. The summed E-state index contributed by atoms with van der Waals surface area (Å²) in [6, 6.07) is 2.77. The maximum atomic E-state index is 14.0. The van der Waals surface area contributed by atoms with Gasteiger partial charge in [-0.05, 0) is 24.8 Å². The van der Waals surface area contributed by atoms with Gasteiger partial charge in [-0.25, -0.2) is 8.78 Å². The minimum absolute atomic E-state index is 0.0179. The molecule has 210 valence electrons. The second-order valence-corrected chi connectivity index (χ2v) is 10.1. The zero-order valence-electron chi connectivity index (χ0n) is 21.8. The highest BCUT2D eigenvalue weighted by molar-refractivity contribution is 5.98. The van der Waals surface area contributed by atoms with E-state index in [0.717, 1.165) is 31.7 Å². The van der Waals surface area contributed by atoms with Gasteiger partial charge in [0.1, 0.15) is 17.2 Å². The van der Waals surface area contributed by atoms with Gasteiger partial charge in [0.05, 0.1) is 0 Å². The molecule has 0 unspecified atom stereocenters. The molecule has 0 bridgehead atoms. The molecule has 10 nitrogen and oxygen atoms in total. The van der Waals surface area contributed by atoms with Crippen LogP contribution in [0.25, 0.3) is 0 Å². The number of amides is 3. The number of rotatable bonds is 6. The highest BCUT2D eigenvalue weighted by Gasteiger charge is 2.32. The van der Waals surface area contributed by atoms with Crippen molar-refractivity contribution in [2.24, 2.45) is 5.92 Å². The molecule has 1 saturated carbocycles. The molecule has 2 aliphatic rings. The molecule has 0 radical (unpaired) electrons. The summed E-state index contributed by atoms with van der Waals surface area (Å²) < 4.78 is 28.6. The summed E-state index contributed by atoms with van der Waals surface area (Å²) in [7, 11) is 0. The molecule has 39 heavy (non-hydrogen) atoms. The lowest BCUT2D eigenvalue weighted by Crippen LogP contribution is -2.50.